The maximum atomic E-state index is 12.1. The van der Waals surface area contributed by atoms with Crippen molar-refractivity contribution in [3.8, 4) is 5.75 Å². The molecule has 0 heterocycles. The average Bonchev–Trinajstić information content (AvgIpc) is 2.66. The number of anilines is 1. The van der Waals surface area contributed by atoms with Gasteiger partial charge in [-0.15, -0.1) is 0 Å². The van der Waals surface area contributed by atoms with Crippen LogP contribution >= 0.6 is 0 Å². The van der Waals surface area contributed by atoms with Crippen LogP contribution in [0, 0.1) is 0 Å². The molecule has 0 aliphatic carbocycles. The fourth-order valence-corrected chi connectivity index (χ4v) is 2.39. The van der Waals surface area contributed by atoms with Gasteiger partial charge in [-0.2, -0.15) is 0 Å². The highest BCUT2D eigenvalue weighted by Gasteiger charge is 2.16. The lowest BCUT2D eigenvalue weighted by Gasteiger charge is -2.16. The van der Waals surface area contributed by atoms with Crippen LogP contribution in [-0.4, -0.2) is 23.8 Å². The molecule has 28 heavy (non-hydrogen) atoms. The van der Waals surface area contributed by atoms with E-state index in [0.717, 1.165) is 0 Å². The molecule has 1 atom stereocenters. The van der Waals surface area contributed by atoms with Gasteiger partial charge in [0.1, 0.15) is 5.75 Å². The fourth-order valence-electron chi connectivity index (χ4n) is 2.39. The quantitative estimate of drug-likeness (QED) is 0.668. The van der Waals surface area contributed by atoms with Crippen molar-refractivity contribution < 1.29 is 19.1 Å². The molecule has 7 nitrogen and oxygen atoms in total. The topological polar surface area (TPSA) is 96.5 Å². The molecule has 0 aliphatic rings. The van der Waals surface area contributed by atoms with Crippen LogP contribution in [0.15, 0.2) is 48.5 Å². The second-order valence-electron chi connectivity index (χ2n) is 6.69. The van der Waals surface area contributed by atoms with Crippen molar-refractivity contribution in [1.29, 1.82) is 0 Å². The Hall–Kier alpha value is -3.35. The first-order valence-corrected chi connectivity index (χ1v) is 9.00. The standard InChI is InChI=1S/C21H25N3O4/c1-13(2)16-7-11-19(12-8-16)28-14(3)20(26)23-24-21(27)17-5-9-18(10-6-17)22-15(4)25/h5-14H,1-4H3,(H,22,25)(H,23,26)(H,24,27). The summed E-state index contributed by atoms with van der Waals surface area (Å²) in [5.74, 6) is -0.158. The number of benzene rings is 2. The summed E-state index contributed by atoms with van der Waals surface area (Å²) >= 11 is 0. The maximum absolute atomic E-state index is 12.1. The lowest BCUT2D eigenvalue weighted by atomic mass is 10.0. The van der Waals surface area contributed by atoms with Gasteiger partial charge in [-0.25, -0.2) is 0 Å². The molecular weight excluding hydrogens is 358 g/mol. The monoisotopic (exact) mass is 383 g/mol. The Labute approximate surface area is 164 Å². The summed E-state index contributed by atoms with van der Waals surface area (Å²) in [6.45, 7) is 7.20. The van der Waals surface area contributed by atoms with E-state index < -0.39 is 17.9 Å². The molecular formula is C21H25N3O4. The van der Waals surface area contributed by atoms with Crippen LogP contribution in [0.25, 0.3) is 0 Å². The van der Waals surface area contributed by atoms with Crippen LogP contribution in [0.2, 0.25) is 0 Å². The third-order valence-corrected chi connectivity index (χ3v) is 4.00. The fraction of sp³-hybridized carbons (Fsp3) is 0.286. The zero-order valence-electron chi connectivity index (χ0n) is 16.4. The first-order chi connectivity index (χ1) is 13.3. The van der Waals surface area contributed by atoms with Crippen LogP contribution in [-0.2, 0) is 9.59 Å². The number of hydrazine groups is 1. The smallest absolute Gasteiger partial charge is 0.279 e. The summed E-state index contributed by atoms with van der Waals surface area (Å²) in [5, 5.41) is 2.61. The van der Waals surface area contributed by atoms with Crippen molar-refractivity contribution in [1.82, 2.24) is 10.9 Å². The van der Waals surface area contributed by atoms with Gasteiger partial charge >= 0.3 is 0 Å². The van der Waals surface area contributed by atoms with Crippen molar-refractivity contribution in [2.45, 2.75) is 39.7 Å². The normalized spacial score (nSPS) is 11.5. The molecule has 2 aromatic rings. The van der Waals surface area contributed by atoms with Gasteiger partial charge in [0.25, 0.3) is 11.8 Å². The van der Waals surface area contributed by atoms with E-state index in [0.29, 0.717) is 22.9 Å². The molecule has 0 saturated heterocycles. The molecule has 3 N–H and O–H groups in total. The van der Waals surface area contributed by atoms with E-state index in [-0.39, 0.29) is 5.91 Å². The van der Waals surface area contributed by atoms with E-state index in [1.807, 2.05) is 24.3 Å². The molecule has 1 unspecified atom stereocenters. The second kappa shape index (κ2) is 9.55. The molecule has 0 spiro atoms. The molecule has 7 heteroatoms. The molecule has 0 bridgehead atoms. The van der Waals surface area contributed by atoms with E-state index in [2.05, 4.69) is 30.0 Å². The van der Waals surface area contributed by atoms with E-state index in [1.165, 1.54) is 12.5 Å². The molecule has 0 aliphatic heterocycles. The highest BCUT2D eigenvalue weighted by atomic mass is 16.5. The van der Waals surface area contributed by atoms with Crippen molar-refractivity contribution in [3.63, 3.8) is 0 Å². The molecule has 3 amide bonds. The average molecular weight is 383 g/mol. The van der Waals surface area contributed by atoms with E-state index in [4.69, 9.17) is 4.74 Å². The lowest BCUT2D eigenvalue weighted by Crippen LogP contribution is -2.47. The van der Waals surface area contributed by atoms with Gasteiger partial charge in [0.05, 0.1) is 0 Å². The number of amides is 3. The van der Waals surface area contributed by atoms with Crippen LogP contribution in [0.3, 0.4) is 0 Å². The van der Waals surface area contributed by atoms with E-state index in [9.17, 15) is 14.4 Å². The second-order valence-corrected chi connectivity index (χ2v) is 6.69. The van der Waals surface area contributed by atoms with Gasteiger partial charge in [0.15, 0.2) is 6.10 Å². The Morgan fingerprint density at radius 1 is 0.857 bits per heavy atom. The summed E-state index contributed by atoms with van der Waals surface area (Å²) in [6.07, 6.45) is -0.785. The van der Waals surface area contributed by atoms with Gasteiger partial charge in [-0.05, 0) is 54.8 Å². The minimum atomic E-state index is -0.785. The predicted molar refractivity (Wildman–Crippen MR) is 107 cm³/mol. The zero-order chi connectivity index (χ0) is 20.7. The Morgan fingerprint density at radius 2 is 1.46 bits per heavy atom. The summed E-state index contributed by atoms with van der Waals surface area (Å²) in [5.41, 5.74) is 6.79. The zero-order valence-corrected chi connectivity index (χ0v) is 16.4. The Bertz CT molecular complexity index is 830. The van der Waals surface area contributed by atoms with Gasteiger partial charge in [-0.3, -0.25) is 25.2 Å². The Morgan fingerprint density at radius 3 is 2.00 bits per heavy atom. The number of hydrogen-bond donors (Lipinski definition) is 3. The molecule has 0 fully saturated rings. The molecule has 0 radical (unpaired) electrons. The first-order valence-electron chi connectivity index (χ1n) is 9.00. The highest BCUT2D eigenvalue weighted by Crippen LogP contribution is 2.19. The Balaban J connectivity index is 1.84. The van der Waals surface area contributed by atoms with Gasteiger partial charge < -0.3 is 10.1 Å². The summed E-state index contributed by atoms with van der Waals surface area (Å²) in [4.78, 5) is 35.2. The van der Waals surface area contributed by atoms with Crippen LogP contribution in [0.5, 0.6) is 5.75 Å². The lowest BCUT2D eigenvalue weighted by molar-refractivity contribution is -0.128. The molecule has 2 rings (SSSR count). The van der Waals surface area contributed by atoms with Crippen LogP contribution < -0.4 is 20.9 Å². The highest BCUT2D eigenvalue weighted by molar-refractivity contribution is 5.96. The van der Waals surface area contributed by atoms with Crippen LogP contribution in [0.1, 0.15) is 49.5 Å². The molecule has 0 saturated carbocycles. The minimum Gasteiger partial charge on any atom is -0.481 e. The SMILES string of the molecule is CC(=O)Nc1ccc(C(=O)NNC(=O)C(C)Oc2ccc(C(C)C)cc2)cc1. The first kappa shape index (κ1) is 21.0. The number of carbonyl (C=O) groups excluding carboxylic acids is 3. The van der Waals surface area contributed by atoms with Crippen molar-refractivity contribution in [2.24, 2.45) is 0 Å². The minimum absolute atomic E-state index is 0.197. The summed E-state index contributed by atoms with van der Waals surface area (Å²) < 4.78 is 5.60. The third-order valence-electron chi connectivity index (χ3n) is 4.00. The summed E-state index contributed by atoms with van der Waals surface area (Å²) in [6, 6.07) is 13.8. The van der Waals surface area contributed by atoms with Crippen molar-refractivity contribution >= 4 is 23.4 Å². The van der Waals surface area contributed by atoms with E-state index in [1.54, 1.807) is 31.2 Å². The summed E-state index contributed by atoms with van der Waals surface area (Å²) in [7, 11) is 0. The number of ether oxygens (including phenoxy) is 1. The largest absolute Gasteiger partial charge is 0.481 e. The Kier molecular flexibility index (Phi) is 7.14. The van der Waals surface area contributed by atoms with E-state index >= 15 is 0 Å². The number of rotatable bonds is 6. The van der Waals surface area contributed by atoms with Gasteiger partial charge in [0, 0.05) is 18.2 Å². The van der Waals surface area contributed by atoms with Crippen molar-refractivity contribution in [2.75, 3.05) is 5.32 Å². The number of nitrogens with one attached hydrogen (secondary N) is 3. The number of hydrogen-bond acceptors (Lipinski definition) is 4. The third kappa shape index (κ3) is 6.12. The maximum Gasteiger partial charge on any atom is 0.279 e. The van der Waals surface area contributed by atoms with Gasteiger partial charge in [-0.1, -0.05) is 26.0 Å². The number of carbonyl (C=O) groups is 3. The van der Waals surface area contributed by atoms with Crippen molar-refractivity contribution in [3.05, 3.63) is 59.7 Å². The molecule has 0 aromatic heterocycles. The molecule has 2 aromatic carbocycles. The van der Waals surface area contributed by atoms with Crippen LogP contribution in [0.4, 0.5) is 5.69 Å². The van der Waals surface area contributed by atoms with Gasteiger partial charge in [0.2, 0.25) is 5.91 Å². The molecule has 148 valence electrons. The predicted octanol–water partition coefficient (Wildman–Crippen LogP) is 3.00.